The smallest absolute Gasteiger partial charge is 0.347 e. The third-order valence-electron chi connectivity index (χ3n) is 6.63. The van der Waals surface area contributed by atoms with E-state index in [-0.39, 0.29) is 18.2 Å². The summed E-state index contributed by atoms with van der Waals surface area (Å²) in [5.74, 6) is -4.10. The summed E-state index contributed by atoms with van der Waals surface area (Å²) in [5.41, 5.74) is 0. The molecule has 3 fully saturated rings. The highest BCUT2D eigenvalue weighted by atomic mass is 32.2. The van der Waals surface area contributed by atoms with Crippen LogP contribution in [0.3, 0.4) is 0 Å². The molecular weight excluding hydrogens is 498 g/mol. The number of hydroxylamine groups is 2. The normalized spacial score (nSPS) is 28.0. The van der Waals surface area contributed by atoms with Crippen molar-refractivity contribution in [3.8, 4) is 0 Å². The number of carbonyl (C=O) groups is 4. The summed E-state index contributed by atoms with van der Waals surface area (Å²) >= 11 is 0. The lowest BCUT2D eigenvalue weighted by Crippen LogP contribution is -2.43. The van der Waals surface area contributed by atoms with E-state index in [1.807, 2.05) is 9.80 Å². The van der Waals surface area contributed by atoms with Crippen molar-refractivity contribution < 1.29 is 42.1 Å². The van der Waals surface area contributed by atoms with Crippen LogP contribution in [-0.2, 0) is 34.1 Å². The Morgan fingerprint density at radius 1 is 0.833 bits per heavy atom. The molecule has 3 saturated heterocycles. The summed E-state index contributed by atoms with van der Waals surface area (Å²) in [5, 5.41) is 7.23. The van der Waals surface area contributed by atoms with Crippen LogP contribution in [0.2, 0.25) is 0 Å². The fourth-order valence-corrected chi connectivity index (χ4v) is 5.43. The topological polar surface area (TPSA) is 171 Å². The molecule has 3 aliphatic rings. The molecule has 3 rings (SSSR count). The van der Waals surface area contributed by atoms with E-state index in [4.69, 9.17) is 4.84 Å². The molecule has 36 heavy (non-hydrogen) atoms. The molecule has 3 atom stereocenters. The fraction of sp³-hybridized carbons (Fsp3) is 0.810. The maximum Gasteiger partial charge on any atom is 0.347 e. The van der Waals surface area contributed by atoms with E-state index < -0.39 is 45.5 Å². The van der Waals surface area contributed by atoms with E-state index in [0.29, 0.717) is 32.7 Å². The van der Waals surface area contributed by atoms with Gasteiger partial charge in [0.1, 0.15) is 15.4 Å². The largest absolute Gasteiger partial charge is 0.747 e. The van der Waals surface area contributed by atoms with E-state index >= 15 is 0 Å². The number of aliphatic carboxylic acids is 1. The molecule has 204 valence electrons. The van der Waals surface area contributed by atoms with Gasteiger partial charge in [0.15, 0.2) is 0 Å². The number of rotatable bonds is 6. The quantitative estimate of drug-likeness (QED) is 0.284. The lowest BCUT2D eigenvalue weighted by Gasteiger charge is -2.29. The molecule has 0 aromatic heterocycles. The maximum absolute atomic E-state index is 12.5. The van der Waals surface area contributed by atoms with Crippen LogP contribution in [-0.4, -0.2) is 150 Å². The van der Waals surface area contributed by atoms with E-state index in [1.54, 1.807) is 0 Å². The Morgan fingerprint density at radius 3 is 1.81 bits per heavy atom. The van der Waals surface area contributed by atoms with Crippen molar-refractivity contribution in [3.05, 3.63) is 0 Å². The average Bonchev–Trinajstić information content (AvgIpc) is 3.03. The number of hydrogen-bond donors (Lipinski definition) is 1. The lowest BCUT2D eigenvalue weighted by atomic mass is 10.3. The predicted octanol–water partition coefficient (Wildman–Crippen LogP) is -2.39. The number of amides is 2. The highest BCUT2D eigenvalue weighted by Gasteiger charge is 2.45. The van der Waals surface area contributed by atoms with Gasteiger partial charge in [-0.3, -0.25) is 24.2 Å². The third-order valence-corrected chi connectivity index (χ3v) is 7.69. The summed E-state index contributed by atoms with van der Waals surface area (Å²) in [6.45, 7) is 6.99. The monoisotopic (exact) mass is 532 g/mol. The molecule has 0 aromatic rings. The first kappa shape index (κ1) is 28.4. The van der Waals surface area contributed by atoms with Crippen molar-refractivity contribution >= 4 is 33.9 Å². The molecule has 0 aromatic carbocycles. The van der Waals surface area contributed by atoms with Crippen LogP contribution < -0.4 is 0 Å². The van der Waals surface area contributed by atoms with Crippen molar-refractivity contribution in [2.75, 3.05) is 78.5 Å². The summed E-state index contributed by atoms with van der Waals surface area (Å²) in [7, 11) is -5.03. The van der Waals surface area contributed by atoms with Crippen molar-refractivity contribution in [1.82, 2.24) is 24.7 Å². The first-order valence-corrected chi connectivity index (χ1v) is 13.6. The maximum atomic E-state index is 12.5. The Bertz CT molecular complexity index is 931. The second-order valence-corrected chi connectivity index (χ2v) is 10.9. The number of fused-ring (bicyclic) bond motifs is 4. The Hall–Kier alpha value is -2.17. The molecule has 0 radical (unpaired) electrons. The minimum absolute atomic E-state index is 0.0211. The molecule has 2 amide bonds. The average molecular weight is 533 g/mol. The predicted molar refractivity (Wildman–Crippen MR) is 123 cm³/mol. The van der Waals surface area contributed by atoms with E-state index in [2.05, 4.69) is 9.80 Å². The van der Waals surface area contributed by atoms with Crippen molar-refractivity contribution in [2.45, 2.75) is 30.9 Å². The number of nitrogens with zero attached hydrogens (tertiary/aromatic N) is 5. The van der Waals surface area contributed by atoms with Crippen molar-refractivity contribution in [3.63, 3.8) is 0 Å². The molecule has 1 N–H and O–H groups in total. The SMILES string of the molecule is O=C(O)CN1CCCN2CCCN(CCCN(CC(=O)ON3C(=O)CC(S(=O)(=O)[O-])C3=O)CC2)CC1. The minimum Gasteiger partial charge on any atom is -0.747 e. The van der Waals surface area contributed by atoms with Crippen LogP contribution in [0.5, 0.6) is 0 Å². The van der Waals surface area contributed by atoms with Crippen molar-refractivity contribution in [1.29, 1.82) is 0 Å². The molecule has 14 nitrogen and oxygen atoms in total. The lowest BCUT2D eigenvalue weighted by molar-refractivity contribution is -0.198. The van der Waals surface area contributed by atoms with Gasteiger partial charge in [-0.15, -0.1) is 5.06 Å². The van der Waals surface area contributed by atoms with Gasteiger partial charge < -0.3 is 24.3 Å². The molecule has 3 unspecified atom stereocenters. The van der Waals surface area contributed by atoms with Crippen molar-refractivity contribution in [2.24, 2.45) is 0 Å². The Labute approximate surface area is 210 Å². The number of carboxylic acids is 1. The van der Waals surface area contributed by atoms with Gasteiger partial charge in [-0.2, -0.15) is 0 Å². The highest BCUT2D eigenvalue weighted by molar-refractivity contribution is 7.87. The highest BCUT2D eigenvalue weighted by Crippen LogP contribution is 2.19. The van der Waals surface area contributed by atoms with Crippen LogP contribution in [0.15, 0.2) is 0 Å². The van der Waals surface area contributed by atoms with Gasteiger partial charge in [-0.05, 0) is 45.4 Å². The summed E-state index contributed by atoms with van der Waals surface area (Å²) in [6.07, 6.45) is 1.70. The van der Waals surface area contributed by atoms with Gasteiger partial charge in [0.25, 0.3) is 11.8 Å². The molecule has 2 bridgehead atoms. The minimum atomic E-state index is -5.03. The number of hydrogen-bond acceptors (Lipinski definition) is 12. The molecule has 0 aliphatic carbocycles. The standard InChI is InChI=1S/C21H35N5O9S/c27-18-14-17(36(32,33)34)21(31)26(18)35-20(30)16-25-9-3-7-22-4-1-5-23(11-13-25)6-2-8-24(12-10-22)15-19(28)29/h17H,1-16H2,(H,28,29)(H,32,33,34)/p-1. The summed E-state index contributed by atoms with van der Waals surface area (Å²) in [6, 6.07) is 0. The molecule has 0 spiro atoms. The first-order chi connectivity index (χ1) is 17.0. The number of carboxylic acid groups (broad SMARTS) is 1. The van der Waals surface area contributed by atoms with Crippen LogP contribution in [0, 0.1) is 0 Å². The van der Waals surface area contributed by atoms with Gasteiger partial charge >= 0.3 is 11.9 Å². The van der Waals surface area contributed by atoms with E-state index in [0.717, 1.165) is 52.0 Å². The van der Waals surface area contributed by atoms with Gasteiger partial charge in [0.05, 0.1) is 19.5 Å². The van der Waals surface area contributed by atoms with Gasteiger partial charge in [0, 0.05) is 39.3 Å². The summed E-state index contributed by atoms with van der Waals surface area (Å²) in [4.78, 5) is 61.1. The molecular formula is C21H34N5O9S-. The van der Waals surface area contributed by atoms with Crippen LogP contribution in [0.4, 0.5) is 0 Å². The van der Waals surface area contributed by atoms with Gasteiger partial charge in [-0.1, -0.05) is 0 Å². The second kappa shape index (κ2) is 12.9. The van der Waals surface area contributed by atoms with Crippen LogP contribution in [0.25, 0.3) is 0 Å². The van der Waals surface area contributed by atoms with Gasteiger partial charge in [-0.25, -0.2) is 13.2 Å². The fourth-order valence-electron chi connectivity index (χ4n) is 4.74. The molecule has 3 heterocycles. The Balaban J connectivity index is 1.60. The zero-order valence-corrected chi connectivity index (χ0v) is 21.1. The van der Waals surface area contributed by atoms with Crippen LogP contribution >= 0.6 is 0 Å². The number of carbonyl (C=O) groups excluding carboxylic acids is 3. The molecule has 3 aliphatic heterocycles. The zero-order chi connectivity index (χ0) is 26.3. The third kappa shape index (κ3) is 8.45. The number of imide groups is 1. The van der Waals surface area contributed by atoms with E-state index in [1.165, 1.54) is 0 Å². The van der Waals surface area contributed by atoms with Crippen LogP contribution in [0.1, 0.15) is 25.7 Å². The summed E-state index contributed by atoms with van der Waals surface area (Å²) < 4.78 is 33.5. The molecule has 15 heteroatoms. The Morgan fingerprint density at radius 2 is 1.33 bits per heavy atom. The molecule has 0 saturated carbocycles. The zero-order valence-electron chi connectivity index (χ0n) is 20.2. The second-order valence-electron chi connectivity index (χ2n) is 9.37. The van der Waals surface area contributed by atoms with E-state index in [9.17, 15) is 37.3 Å². The van der Waals surface area contributed by atoms with Gasteiger partial charge in [0.2, 0.25) is 0 Å². The Kier molecular flexibility index (Phi) is 10.2. The first-order valence-electron chi connectivity index (χ1n) is 12.2.